The predicted octanol–water partition coefficient (Wildman–Crippen LogP) is 2.38. The molecule has 1 aromatic carbocycles. The molecule has 0 aliphatic carbocycles. The second-order valence-electron chi connectivity index (χ2n) is 5.33. The molecule has 2 heterocycles. The lowest BCUT2D eigenvalue weighted by atomic mass is 10.1. The zero-order valence-electron chi connectivity index (χ0n) is 13.5. The van der Waals surface area contributed by atoms with E-state index in [-0.39, 0.29) is 18.9 Å². The summed E-state index contributed by atoms with van der Waals surface area (Å²) in [5.74, 6) is 1.92. The summed E-state index contributed by atoms with van der Waals surface area (Å²) in [6.45, 7) is 2.46. The van der Waals surface area contributed by atoms with E-state index in [1.54, 1.807) is 19.4 Å². The second kappa shape index (κ2) is 7.08. The Morgan fingerprint density at radius 3 is 3.00 bits per heavy atom. The Morgan fingerprint density at radius 2 is 2.17 bits per heavy atom. The van der Waals surface area contributed by atoms with E-state index >= 15 is 0 Å². The molecule has 1 aliphatic heterocycles. The molecule has 0 unspecified atom stereocenters. The fourth-order valence-electron chi connectivity index (χ4n) is 2.43. The Morgan fingerprint density at radius 1 is 1.33 bits per heavy atom. The van der Waals surface area contributed by atoms with Crippen LogP contribution in [0.4, 0.5) is 4.79 Å². The van der Waals surface area contributed by atoms with E-state index in [4.69, 9.17) is 14.2 Å². The van der Waals surface area contributed by atoms with Crippen molar-refractivity contribution in [2.45, 2.75) is 19.5 Å². The van der Waals surface area contributed by atoms with Crippen molar-refractivity contribution < 1.29 is 19.0 Å². The zero-order valence-corrected chi connectivity index (χ0v) is 13.5. The Balaban J connectivity index is 1.56. The second-order valence-corrected chi connectivity index (χ2v) is 5.33. The SMILES string of the molecule is COc1ncccc1CNC(=O)N[C@@H](C)c1ccc2c(c1)OCO2. The highest BCUT2D eigenvalue weighted by Crippen LogP contribution is 2.34. The lowest BCUT2D eigenvalue weighted by molar-refractivity contribution is 0.174. The third kappa shape index (κ3) is 3.51. The van der Waals surface area contributed by atoms with E-state index < -0.39 is 0 Å². The number of benzene rings is 1. The minimum absolute atomic E-state index is 0.171. The Hall–Kier alpha value is -2.96. The van der Waals surface area contributed by atoms with Crippen molar-refractivity contribution in [2.24, 2.45) is 0 Å². The average molecular weight is 329 g/mol. The standard InChI is InChI=1S/C17H19N3O4/c1-11(12-5-6-14-15(8-12)24-10-23-14)20-17(21)19-9-13-4-3-7-18-16(13)22-2/h3-8,11H,9-10H2,1-2H3,(H2,19,20,21)/t11-/m0/s1. The van der Waals surface area contributed by atoms with Gasteiger partial charge in [0.1, 0.15) is 0 Å². The molecule has 3 rings (SSSR count). The normalized spacial score (nSPS) is 13.2. The highest BCUT2D eigenvalue weighted by atomic mass is 16.7. The monoisotopic (exact) mass is 329 g/mol. The van der Waals surface area contributed by atoms with Crippen LogP contribution in [0.2, 0.25) is 0 Å². The van der Waals surface area contributed by atoms with Crippen molar-refractivity contribution in [3.8, 4) is 17.4 Å². The van der Waals surface area contributed by atoms with Crippen molar-refractivity contribution in [3.05, 3.63) is 47.7 Å². The van der Waals surface area contributed by atoms with Gasteiger partial charge in [-0.15, -0.1) is 0 Å². The first kappa shape index (κ1) is 15.9. The van der Waals surface area contributed by atoms with E-state index in [1.807, 2.05) is 31.2 Å². The van der Waals surface area contributed by atoms with Gasteiger partial charge >= 0.3 is 6.03 Å². The van der Waals surface area contributed by atoms with Crippen molar-refractivity contribution in [1.29, 1.82) is 0 Å². The van der Waals surface area contributed by atoms with Crippen LogP contribution in [0.25, 0.3) is 0 Å². The summed E-state index contributed by atoms with van der Waals surface area (Å²) in [5.41, 5.74) is 1.75. The van der Waals surface area contributed by atoms with E-state index in [0.29, 0.717) is 18.2 Å². The number of carbonyl (C=O) groups excluding carboxylic acids is 1. The highest BCUT2D eigenvalue weighted by Gasteiger charge is 2.17. The van der Waals surface area contributed by atoms with Crippen LogP contribution < -0.4 is 24.8 Å². The lowest BCUT2D eigenvalue weighted by Gasteiger charge is -2.16. The topological polar surface area (TPSA) is 81.7 Å². The summed E-state index contributed by atoms with van der Waals surface area (Å²) >= 11 is 0. The molecule has 7 nitrogen and oxygen atoms in total. The number of fused-ring (bicyclic) bond motifs is 1. The molecule has 7 heteroatoms. The third-order valence-electron chi connectivity index (χ3n) is 3.73. The predicted molar refractivity (Wildman–Crippen MR) is 87.1 cm³/mol. The van der Waals surface area contributed by atoms with Gasteiger partial charge in [0.25, 0.3) is 0 Å². The maximum Gasteiger partial charge on any atom is 0.315 e. The number of ether oxygens (including phenoxy) is 3. The van der Waals surface area contributed by atoms with Crippen molar-refractivity contribution in [3.63, 3.8) is 0 Å². The van der Waals surface area contributed by atoms with Gasteiger partial charge in [0, 0.05) is 18.3 Å². The van der Waals surface area contributed by atoms with Crippen LogP contribution in [-0.4, -0.2) is 24.9 Å². The van der Waals surface area contributed by atoms with Gasteiger partial charge in [-0.25, -0.2) is 9.78 Å². The number of rotatable bonds is 5. The fourth-order valence-corrected chi connectivity index (χ4v) is 2.43. The lowest BCUT2D eigenvalue weighted by Crippen LogP contribution is -2.36. The van der Waals surface area contributed by atoms with Gasteiger partial charge in [-0.2, -0.15) is 0 Å². The number of hydrogen-bond donors (Lipinski definition) is 2. The molecule has 0 fully saturated rings. The molecule has 1 atom stereocenters. The summed E-state index contributed by atoms with van der Waals surface area (Å²) in [6.07, 6.45) is 1.64. The molecule has 0 saturated heterocycles. The molecular formula is C17H19N3O4. The number of amides is 2. The number of pyridine rings is 1. The Labute approximate surface area is 139 Å². The third-order valence-corrected chi connectivity index (χ3v) is 3.73. The van der Waals surface area contributed by atoms with Crippen LogP contribution in [0.5, 0.6) is 17.4 Å². The van der Waals surface area contributed by atoms with Gasteiger partial charge in [0.2, 0.25) is 12.7 Å². The Kier molecular flexibility index (Phi) is 4.69. The van der Waals surface area contributed by atoms with Gasteiger partial charge in [0.05, 0.1) is 13.2 Å². The van der Waals surface area contributed by atoms with Gasteiger partial charge in [-0.05, 0) is 30.7 Å². The number of urea groups is 1. The summed E-state index contributed by atoms with van der Waals surface area (Å²) in [7, 11) is 1.55. The van der Waals surface area contributed by atoms with Gasteiger partial charge < -0.3 is 24.8 Å². The van der Waals surface area contributed by atoms with Crippen LogP contribution in [0.15, 0.2) is 36.5 Å². The number of nitrogens with one attached hydrogen (secondary N) is 2. The number of nitrogens with zero attached hydrogens (tertiary/aromatic N) is 1. The average Bonchev–Trinajstić information content (AvgIpc) is 3.07. The van der Waals surface area contributed by atoms with Gasteiger partial charge in [-0.3, -0.25) is 0 Å². The first-order valence-corrected chi connectivity index (χ1v) is 7.59. The molecule has 126 valence electrons. The molecule has 0 saturated carbocycles. The van der Waals surface area contributed by atoms with E-state index in [2.05, 4.69) is 15.6 Å². The van der Waals surface area contributed by atoms with E-state index in [1.165, 1.54) is 0 Å². The highest BCUT2D eigenvalue weighted by molar-refractivity contribution is 5.74. The van der Waals surface area contributed by atoms with Crippen LogP contribution in [-0.2, 0) is 6.54 Å². The minimum Gasteiger partial charge on any atom is -0.481 e. The van der Waals surface area contributed by atoms with Crippen molar-refractivity contribution in [2.75, 3.05) is 13.9 Å². The largest absolute Gasteiger partial charge is 0.481 e. The number of hydrogen-bond acceptors (Lipinski definition) is 5. The van der Waals surface area contributed by atoms with Gasteiger partial charge in [-0.1, -0.05) is 12.1 Å². The van der Waals surface area contributed by atoms with Crippen molar-refractivity contribution >= 4 is 6.03 Å². The molecule has 1 aliphatic rings. The molecule has 0 radical (unpaired) electrons. The van der Waals surface area contributed by atoms with Gasteiger partial charge in [0.15, 0.2) is 11.5 Å². The van der Waals surface area contributed by atoms with Crippen LogP contribution in [0.3, 0.4) is 0 Å². The van der Waals surface area contributed by atoms with Crippen LogP contribution in [0, 0.1) is 0 Å². The number of methoxy groups -OCH3 is 1. The maximum atomic E-state index is 12.1. The maximum absolute atomic E-state index is 12.1. The van der Waals surface area contributed by atoms with Crippen LogP contribution in [0.1, 0.15) is 24.1 Å². The number of aromatic nitrogens is 1. The van der Waals surface area contributed by atoms with Crippen LogP contribution >= 0.6 is 0 Å². The molecule has 2 N–H and O–H groups in total. The van der Waals surface area contributed by atoms with E-state index in [0.717, 1.165) is 16.9 Å². The summed E-state index contributed by atoms with van der Waals surface area (Å²) in [4.78, 5) is 16.2. The molecule has 2 aromatic rings. The minimum atomic E-state index is -0.272. The summed E-state index contributed by atoms with van der Waals surface area (Å²) in [6, 6.07) is 8.83. The van der Waals surface area contributed by atoms with Crippen molar-refractivity contribution in [1.82, 2.24) is 15.6 Å². The molecule has 2 amide bonds. The summed E-state index contributed by atoms with van der Waals surface area (Å²) in [5, 5.41) is 5.69. The first-order chi connectivity index (χ1) is 11.7. The summed E-state index contributed by atoms with van der Waals surface area (Å²) < 4.78 is 15.8. The molecular weight excluding hydrogens is 310 g/mol. The number of carbonyl (C=O) groups is 1. The zero-order chi connectivity index (χ0) is 16.9. The van der Waals surface area contributed by atoms with E-state index in [9.17, 15) is 4.79 Å². The Bertz CT molecular complexity index is 736. The fraction of sp³-hybridized carbons (Fsp3) is 0.294. The first-order valence-electron chi connectivity index (χ1n) is 7.59. The molecule has 1 aromatic heterocycles. The smallest absolute Gasteiger partial charge is 0.315 e. The molecule has 24 heavy (non-hydrogen) atoms. The quantitative estimate of drug-likeness (QED) is 0.880. The molecule has 0 spiro atoms. The molecule has 0 bridgehead atoms.